The van der Waals surface area contributed by atoms with Gasteiger partial charge in [0, 0.05) is 43.3 Å². The monoisotopic (exact) mass is 340 g/mol. The lowest BCUT2D eigenvalue weighted by molar-refractivity contribution is -0.142. The molecular weight excluding hydrogens is 308 g/mol. The van der Waals surface area contributed by atoms with E-state index in [1.807, 2.05) is 42.5 Å². The van der Waals surface area contributed by atoms with E-state index in [0.29, 0.717) is 11.9 Å². The maximum absolute atomic E-state index is 12.8. The van der Waals surface area contributed by atoms with Gasteiger partial charge in [-0.15, -0.1) is 0 Å². The summed E-state index contributed by atoms with van der Waals surface area (Å²) >= 11 is 2.03. The summed E-state index contributed by atoms with van der Waals surface area (Å²) in [5, 5.41) is 0.728. The number of piperidine rings is 1. The summed E-state index contributed by atoms with van der Waals surface area (Å²) < 4.78 is 0. The van der Waals surface area contributed by atoms with Crippen LogP contribution >= 0.6 is 11.8 Å². The standard InChI is InChI=1S/C18H32N2O2S/c1-5-23-16-7-6-15(12-16)19(4)18(22)14-8-10-20(11-9-14)17(21)13(2)3/h13-16H,5-12H2,1-4H3/t15-,16-/m0/s1. The summed E-state index contributed by atoms with van der Waals surface area (Å²) in [6.45, 7) is 7.57. The minimum absolute atomic E-state index is 0.0522. The quantitative estimate of drug-likeness (QED) is 0.772. The largest absolute Gasteiger partial charge is 0.342 e. The van der Waals surface area contributed by atoms with Crippen molar-refractivity contribution in [3.05, 3.63) is 0 Å². The molecule has 23 heavy (non-hydrogen) atoms. The van der Waals surface area contributed by atoms with Gasteiger partial charge in [-0.25, -0.2) is 0 Å². The van der Waals surface area contributed by atoms with Crippen LogP contribution in [0.5, 0.6) is 0 Å². The second kappa shape index (κ2) is 8.41. The number of likely N-dealkylation sites (tertiary alicyclic amines) is 1. The lowest BCUT2D eigenvalue weighted by Crippen LogP contribution is -2.46. The van der Waals surface area contributed by atoms with Gasteiger partial charge < -0.3 is 9.80 Å². The second-order valence-corrected chi connectivity index (χ2v) is 8.82. The molecule has 0 spiro atoms. The zero-order chi connectivity index (χ0) is 17.0. The lowest BCUT2D eigenvalue weighted by atomic mass is 9.94. The van der Waals surface area contributed by atoms with Crippen LogP contribution in [-0.4, -0.2) is 58.8 Å². The van der Waals surface area contributed by atoms with Crippen molar-refractivity contribution in [1.29, 1.82) is 0 Å². The van der Waals surface area contributed by atoms with Crippen LogP contribution in [0.3, 0.4) is 0 Å². The highest BCUT2D eigenvalue weighted by Gasteiger charge is 2.34. The van der Waals surface area contributed by atoms with Gasteiger partial charge in [0.25, 0.3) is 0 Å². The van der Waals surface area contributed by atoms with Gasteiger partial charge in [-0.05, 0) is 37.9 Å². The molecule has 0 aromatic rings. The Morgan fingerprint density at radius 1 is 1.17 bits per heavy atom. The summed E-state index contributed by atoms with van der Waals surface area (Å²) in [4.78, 5) is 28.8. The molecule has 1 aliphatic carbocycles. The number of hydrogen-bond acceptors (Lipinski definition) is 3. The van der Waals surface area contributed by atoms with E-state index >= 15 is 0 Å². The number of amides is 2. The highest BCUT2D eigenvalue weighted by molar-refractivity contribution is 7.99. The smallest absolute Gasteiger partial charge is 0.225 e. The van der Waals surface area contributed by atoms with E-state index < -0.39 is 0 Å². The molecule has 0 aromatic heterocycles. The molecule has 1 saturated heterocycles. The molecule has 2 aliphatic rings. The molecule has 1 saturated carbocycles. The minimum Gasteiger partial charge on any atom is -0.342 e. The Hall–Kier alpha value is -0.710. The van der Waals surface area contributed by atoms with Crippen molar-refractivity contribution in [2.45, 2.75) is 64.2 Å². The van der Waals surface area contributed by atoms with Crippen molar-refractivity contribution in [2.75, 3.05) is 25.9 Å². The fourth-order valence-corrected chi connectivity index (χ4v) is 4.97. The Labute approximate surface area is 145 Å². The van der Waals surface area contributed by atoms with Gasteiger partial charge in [-0.2, -0.15) is 11.8 Å². The lowest BCUT2D eigenvalue weighted by Gasteiger charge is -2.35. The molecule has 2 amide bonds. The molecule has 2 atom stereocenters. The fraction of sp³-hybridized carbons (Fsp3) is 0.889. The van der Waals surface area contributed by atoms with Crippen molar-refractivity contribution in [1.82, 2.24) is 9.80 Å². The average molecular weight is 341 g/mol. The first-order valence-electron chi connectivity index (χ1n) is 9.11. The fourth-order valence-electron chi connectivity index (χ4n) is 3.84. The molecule has 2 fully saturated rings. The number of carbonyl (C=O) groups excluding carboxylic acids is 2. The molecule has 0 unspecified atom stereocenters. The zero-order valence-corrected chi connectivity index (χ0v) is 15.9. The molecular formula is C18H32N2O2S. The summed E-state index contributed by atoms with van der Waals surface area (Å²) in [5.41, 5.74) is 0. The molecule has 0 N–H and O–H groups in total. The number of nitrogens with zero attached hydrogens (tertiary/aromatic N) is 2. The minimum atomic E-state index is 0.0522. The molecule has 4 nitrogen and oxygen atoms in total. The van der Waals surface area contributed by atoms with Gasteiger partial charge in [0.15, 0.2) is 0 Å². The molecule has 5 heteroatoms. The number of carbonyl (C=O) groups is 2. The maximum atomic E-state index is 12.8. The molecule has 1 aliphatic heterocycles. The Balaban J connectivity index is 1.81. The first-order chi connectivity index (χ1) is 10.9. The van der Waals surface area contributed by atoms with Crippen LogP contribution in [0, 0.1) is 11.8 Å². The molecule has 0 aromatic carbocycles. The van der Waals surface area contributed by atoms with E-state index in [9.17, 15) is 9.59 Å². The van der Waals surface area contributed by atoms with Crippen molar-refractivity contribution >= 4 is 23.6 Å². The van der Waals surface area contributed by atoms with Crippen LogP contribution in [0.4, 0.5) is 0 Å². The van der Waals surface area contributed by atoms with Gasteiger partial charge in [0.1, 0.15) is 0 Å². The van der Waals surface area contributed by atoms with Gasteiger partial charge in [0.2, 0.25) is 11.8 Å². The normalized spacial score (nSPS) is 25.9. The molecule has 2 rings (SSSR count). The molecule has 0 radical (unpaired) electrons. The number of rotatable bonds is 5. The van der Waals surface area contributed by atoms with E-state index in [1.165, 1.54) is 6.42 Å². The Bertz CT molecular complexity index is 419. The van der Waals surface area contributed by atoms with Gasteiger partial charge in [0.05, 0.1) is 0 Å². The van der Waals surface area contributed by atoms with Gasteiger partial charge >= 0.3 is 0 Å². The SMILES string of the molecule is CCS[C@H]1CC[C@H](N(C)C(=O)C2CCN(C(=O)C(C)C)CC2)C1. The van der Waals surface area contributed by atoms with Crippen LogP contribution in [0.2, 0.25) is 0 Å². The maximum Gasteiger partial charge on any atom is 0.225 e. The molecule has 1 heterocycles. The predicted octanol–water partition coefficient (Wildman–Crippen LogP) is 3.01. The summed E-state index contributed by atoms with van der Waals surface area (Å²) in [7, 11) is 1.98. The van der Waals surface area contributed by atoms with E-state index in [1.54, 1.807) is 0 Å². The summed E-state index contributed by atoms with van der Waals surface area (Å²) in [5.74, 6) is 1.84. The summed E-state index contributed by atoms with van der Waals surface area (Å²) in [6, 6.07) is 0.418. The van der Waals surface area contributed by atoms with E-state index in [2.05, 4.69) is 6.92 Å². The summed E-state index contributed by atoms with van der Waals surface area (Å²) in [6.07, 6.45) is 5.17. The van der Waals surface area contributed by atoms with Crippen LogP contribution < -0.4 is 0 Å². The van der Waals surface area contributed by atoms with Crippen molar-refractivity contribution in [3.63, 3.8) is 0 Å². The van der Waals surface area contributed by atoms with Crippen LogP contribution in [0.25, 0.3) is 0 Å². The van der Waals surface area contributed by atoms with Crippen molar-refractivity contribution in [3.8, 4) is 0 Å². The Morgan fingerprint density at radius 2 is 1.83 bits per heavy atom. The van der Waals surface area contributed by atoms with E-state index in [4.69, 9.17) is 0 Å². The van der Waals surface area contributed by atoms with Gasteiger partial charge in [-0.1, -0.05) is 20.8 Å². The average Bonchev–Trinajstić information content (AvgIpc) is 3.02. The molecule has 132 valence electrons. The third kappa shape index (κ3) is 4.65. The number of hydrogen-bond donors (Lipinski definition) is 0. The highest BCUT2D eigenvalue weighted by atomic mass is 32.2. The second-order valence-electron chi connectivity index (χ2n) is 7.25. The van der Waals surface area contributed by atoms with Crippen LogP contribution in [0.15, 0.2) is 0 Å². The Kier molecular flexibility index (Phi) is 6.81. The van der Waals surface area contributed by atoms with Crippen LogP contribution in [-0.2, 0) is 9.59 Å². The van der Waals surface area contributed by atoms with Crippen molar-refractivity contribution in [2.24, 2.45) is 11.8 Å². The van der Waals surface area contributed by atoms with E-state index in [-0.39, 0.29) is 17.7 Å². The van der Waals surface area contributed by atoms with Gasteiger partial charge in [-0.3, -0.25) is 9.59 Å². The predicted molar refractivity (Wildman–Crippen MR) is 96.5 cm³/mol. The molecule has 0 bridgehead atoms. The van der Waals surface area contributed by atoms with Crippen molar-refractivity contribution < 1.29 is 9.59 Å². The first-order valence-corrected chi connectivity index (χ1v) is 10.2. The third-order valence-electron chi connectivity index (χ3n) is 5.30. The topological polar surface area (TPSA) is 40.6 Å². The third-order valence-corrected chi connectivity index (χ3v) is 6.54. The first kappa shape index (κ1) is 18.6. The zero-order valence-electron chi connectivity index (χ0n) is 15.1. The Morgan fingerprint density at radius 3 is 2.39 bits per heavy atom. The van der Waals surface area contributed by atoms with Crippen LogP contribution in [0.1, 0.15) is 52.9 Å². The highest BCUT2D eigenvalue weighted by Crippen LogP contribution is 2.33. The van der Waals surface area contributed by atoms with E-state index in [0.717, 1.165) is 49.8 Å². The number of thioether (sulfide) groups is 1.